The number of rotatable bonds is 6. The van der Waals surface area contributed by atoms with E-state index in [0.717, 1.165) is 25.7 Å². The molecule has 1 aromatic heterocycles. The number of amides is 2. The zero-order valence-electron chi connectivity index (χ0n) is 15.5. The van der Waals surface area contributed by atoms with Crippen molar-refractivity contribution in [2.24, 2.45) is 0 Å². The van der Waals surface area contributed by atoms with Gasteiger partial charge < -0.3 is 14.6 Å². The van der Waals surface area contributed by atoms with Gasteiger partial charge in [-0.05, 0) is 46.7 Å². The summed E-state index contributed by atoms with van der Waals surface area (Å²) in [4.78, 5) is 33.3. The van der Waals surface area contributed by atoms with E-state index in [2.05, 4.69) is 10.3 Å². The number of oxazole rings is 1. The van der Waals surface area contributed by atoms with Crippen molar-refractivity contribution in [3.05, 3.63) is 17.3 Å². The van der Waals surface area contributed by atoms with Crippen molar-refractivity contribution in [3.8, 4) is 0 Å². The molecule has 2 atom stereocenters. The molecule has 2 unspecified atom stereocenters. The average molecular weight is 348 g/mol. The van der Waals surface area contributed by atoms with Crippen molar-refractivity contribution in [2.75, 3.05) is 27.2 Å². The number of likely N-dealkylation sites (tertiary alicyclic amines) is 1. The maximum absolute atomic E-state index is 12.6. The van der Waals surface area contributed by atoms with Crippen LogP contribution in [-0.4, -0.2) is 65.9 Å². The van der Waals surface area contributed by atoms with Gasteiger partial charge in [0.2, 0.25) is 11.7 Å². The van der Waals surface area contributed by atoms with Crippen molar-refractivity contribution in [2.45, 2.75) is 57.5 Å². The maximum Gasteiger partial charge on any atom is 0.289 e. The Balaban J connectivity index is 1.57. The molecule has 1 aromatic rings. The minimum absolute atomic E-state index is 0.0370. The first-order valence-corrected chi connectivity index (χ1v) is 9.14. The molecule has 138 valence electrons. The number of likely N-dealkylation sites (N-methyl/N-ethyl adjacent to an activating group) is 1. The lowest BCUT2D eigenvalue weighted by Crippen LogP contribution is -2.46. The Labute approximate surface area is 148 Å². The van der Waals surface area contributed by atoms with Gasteiger partial charge in [0, 0.05) is 25.0 Å². The van der Waals surface area contributed by atoms with Gasteiger partial charge in [-0.1, -0.05) is 6.92 Å². The van der Waals surface area contributed by atoms with E-state index in [-0.39, 0.29) is 23.9 Å². The molecule has 0 bridgehead atoms. The van der Waals surface area contributed by atoms with Gasteiger partial charge in [-0.25, -0.2) is 4.98 Å². The number of carbonyl (C=O) groups is 2. The Morgan fingerprint density at radius 3 is 2.68 bits per heavy atom. The van der Waals surface area contributed by atoms with Crippen LogP contribution in [0.15, 0.2) is 4.42 Å². The van der Waals surface area contributed by atoms with Crippen LogP contribution in [0.4, 0.5) is 0 Å². The number of hydrogen-bond donors (Lipinski definition) is 1. The summed E-state index contributed by atoms with van der Waals surface area (Å²) in [5, 5.41) is 3.00. The monoisotopic (exact) mass is 348 g/mol. The van der Waals surface area contributed by atoms with Crippen LogP contribution < -0.4 is 5.32 Å². The molecular weight excluding hydrogens is 320 g/mol. The quantitative estimate of drug-likeness (QED) is 0.843. The zero-order valence-corrected chi connectivity index (χ0v) is 15.5. The molecule has 3 rings (SSSR count). The largest absolute Gasteiger partial charge is 0.435 e. The fraction of sp³-hybridized carbons (Fsp3) is 0.722. The maximum atomic E-state index is 12.6. The number of nitrogens with zero attached hydrogens (tertiary/aromatic N) is 3. The third-order valence-corrected chi connectivity index (χ3v) is 5.08. The number of hydrogen-bond acceptors (Lipinski definition) is 5. The molecule has 2 fully saturated rings. The SMILES string of the molecule is CCC(C(=O)N1CCC(NC(=O)c2oc(C3CC3)nc2C)C1)N(C)C. The van der Waals surface area contributed by atoms with Crippen LogP contribution in [0.2, 0.25) is 0 Å². The molecule has 0 radical (unpaired) electrons. The molecule has 0 aromatic carbocycles. The van der Waals surface area contributed by atoms with E-state index in [1.54, 1.807) is 6.92 Å². The van der Waals surface area contributed by atoms with Crippen molar-refractivity contribution in [1.29, 1.82) is 0 Å². The number of nitrogens with one attached hydrogen (secondary N) is 1. The second-order valence-corrected chi connectivity index (χ2v) is 7.37. The highest BCUT2D eigenvalue weighted by atomic mass is 16.4. The Bertz CT molecular complexity index is 651. The molecule has 2 amide bonds. The fourth-order valence-corrected chi connectivity index (χ4v) is 3.43. The smallest absolute Gasteiger partial charge is 0.289 e. The average Bonchev–Trinajstić information content (AvgIpc) is 3.18. The summed E-state index contributed by atoms with van der Waals surface area (Å²) in [6, 6.07) is -0.142. The normalized spacial score (nSPS) is 21.6. The number of aromatic nitrogens is 1. The van der Waals surface area contributed by atoms with E-state index in [9.17, 15) is 9.59 Å². The van der Waals surface area contributed by atoms with Crippen molar-refractivity contribution in [3.63, 3.8) is 0 Å². The van der Waals surface area contributed by atoms with Crippen LogP contribution in [0.25, 0.3) is 0 Å². The van der Waals surface area contributed by atoms with E-state index < -0.39 is 0 Å². The minimum atomic E-state index is -0.226. The highest BCUT2D eigenvalue weighted by Gasteiger charge is 2.34. The van der Waals surface area contributed by atoms with Crippen LogP contribution in [0, 0.1) is 6.92 Å². The van der Waals surface area contributed by atoms with Gasteiger partial charge >= 0.3 is 0 Å². The molecular formula is C18H28N4O3. The standard InChI is InChI=1S/C18H28N4O3/c1-5-14(21(3)4)18(24)22-9-8-13(10-22)20-16(23)15-11(2)19-17(25-15)12-6-7-12/h12-14H,5-10H2,1-4H3,(H,20,23). The van der Waals surface area contributed by atoms with Crippen LogP contribution >= 0.6 is 0 Å². The first-order chi connectivity index (χ1) is 11.9. The fourth-order valence-electron chi connectivity index (χ4n) is 3.43. The lowest BCUT2D eigenvalue weighted by atomic mass is 10.2. The summed E-state index contributed by atoms with van der Waals surface area (Å²) in [6.45, 7) is 5.05. The predicted octanol–water partition coefficient (Wildman–Crippen LogP) is 1.53. The van der Waals surface area contributed by atoms with Crippen LogP contribution in [-0.2, 0) is 4.79 Å². The third kappa shape index (κ3) is 3.86. The van der Waals surface area contributed by atoms with Gasteiger partial charge in [0.25, 0.3) is 5.91 Å². The Hall–Kier alpha value is -1.89. The molecule has 1 N–H and O–H groups in total. The Kier molecular flexibility index (Phi) is 5.13. The first-order valence-electron chi connectivity index (χ1n) is 9.14. The van der Waals surface area contributed by atoms with Crippen molar-refractivity contribution in [1.82, 2.24) is 20.1 Å². The molecule has 2 aliphatic rings. The van der Waals surface area contributed by atoms with Gasteiger partial charge in [-0.2, -0.15) is 0 Å². The molecule has 2 heterocycles. The van der Waals surface area contributed by atoms with E-state index in [1.807, 2.05) is 30.8 Å². The van der Waals surface area contributed by atoms with Crippen LogP contribution in [0.3, 0.4) is 0 Å². The second kappa shape index (κ2) is 7.15. The predicted molar refractivity (Wildman–Crippen MR) is 93.4 cm³/mol. The Morgan fingerprint density at radius 1 is 1.36 bits per heavy atom. The Morgan fingerprint density at radius 2 is 2.08 bits per heavy atom. The number of carbonyl (C=O) groups excluding carboxylic acids is 2. The molecule has 1 saturated heterocycles. The summed E-state index contributed by atoms with van der Waals surface area (Å²) in [5.41, 5.74) is 0.643. The van der Waals surface area contributed by atoms with Gasteiger partial charge in [-0.15, -0.1) is 0 Å². The second-order valence-electron chi connectivity index (χ2n) is 7.37. The highest BCUT2D eigenvalue weighted by Crippen LogP contribution is 2.40. The lowest BCUT2D eigenvalue weighted by Gasteiger charge is -2.27. The molecule has 7 nitrogen and oxygen atoms in total. The molecule has 1 aliphatic heterocycles. The van der Waals surface area contributed by atoms with E-state index in [4.69, 9.17) is 4.42 Å². The summed E-state index contributed by atoms with van der Waals surface area (Å²) in [6.07, 6.45) is 3.72. The molecule has 0 spiro atoms. The summed E-state index contributed by atoms with van der Waals surface area (Å²) in [5.74, 6) is 1.29. The number of aryl methyl sites for hydroxylation is 1. The first kappa shape index (κ1) is 17.9. The van der Waals surface area contributed by atoms with Gasteiger partial charge in [0.1, 0.15) is 0 Å². The van der Waals surface area contributed by atoms with Crippen LogP contribution in [0.5, 0.6) is 0 Å². The van der Waals surface area contributed by atoms with Gasteiger partial charge in [0.15, 0.2) is 5.89 Å². The van der Waals surface area contributed by atoms with Gasteiger partial charge in [0.05, 0.1) is 11.7 Å². The topological polar surface area (TPSA) is 78.7 Å². The molecule has 1 saturated carbocycles. The van der Waals surface area contributed by atoms with Gasteiger partial charge in [-0.3, -0.25) is 14.5 Å². The van der Waals surface area contributed by atoms with Crippen molar-refractivity contribution >= 4 is 11.8 Å². The zero-order chi connectivity index (χ0) is 18.1. The molecule has 7 heteroatoms. The lowest BCUT2D eigenvalue weighted by molar-refractivity contribution is -0.135. The minimum Gasteiger partial charge on any atom is -0.435 e. The van der Waals surface area contributed by atoms with E-state index in [0.29, 0.717) is 36.4 Å². The van der Waals surface area contributed by atoms with Crippen LogP contribution in [0.1, 0.15) is 60.7 Å². The molecule has 1 aliphatic carbocycles. The molecule has 25 heavy (non-hydrogen) atoms. The van der Waals surface area contributed by atoms with E-state index in [1.165, 1.54) is 0 Å². The third-order valence-electron chi connectivity index (χ3n) is 5.08. The summed E-state index contributed by atoms with van der Waals surface area (Å²) < 4.78 is 5.66. The van der Waals surface area contributed by atoms with E-state index >= 15 is 0 Å². The summed E-state index contributed by atoms with van der Waals surface area (Å²) >= 11 is 0. The van der Waals surface area contributed by atoms with Crippen molar-refractivity contribution < 1.29 is 14.0 Å². The summed E-state index contributed by atoms with van der Waals surface area (Å²) in [7, 11) is 3.84. The highest BCUT2D eigenvalue weighted by molar-refractivity contribution is 5.92.